The molecule has 2 atom stereocenters. The number of carbonyl (C=O) groups is 2. The molecule has 0 saturated carbocycles. The predicted octanol–water partition coefficient (Wildman–Crippen LogP) is 12.2. The number of fused-ring (bicyclic) bond motifs is 2. The quantitative estimate of drug-likeness (QED) is 0.0888. The van der Waals surface area contributed by atoms with Gasteiger partial charge >= 0.3 is 18.3 Å². The van der Waals surface area contributed by atoms with E-state index < -0.39 is 41.7 Å². The molecule has 6 nitrogen and oxygen atoms in total. The van der Waals surface area contributed by atoms with Crippen molar-refractivity contribution in [1.82, 2.24) is 5.32 Å². The lowest BCUT2D eigenvalue weighted by Crippen LogP contribution is -2.26. The van der Waals surface area contributed by atoms with Crippen molar-refractivity contribution in [2.75, 3.05) is 13.2 Å². The highest BCUT2D eigenvalue weighted by molar-refractivity contribution is 7.20. The Morgan fingerprint density at radius 3 is 1.69 bits per heavy atom. The van der Waals surface area contributed by atoms with Crippen molar-refractivity contribution in [2.24, 2.45) is 0 Å². The molecule has 0 radical (unpaired) electrons. The van der Waals surface area contributed by atoms with Gasteiger partial charge in [-0.25, -0.2) is 4.79 Å². The van der Waals surface area contributed by atoms with Crippen molar-refractivity contribution in [2.45, 2.75) is 24.6 Å². The molecule has 2 unspecified atom stereocenters. The van der Waals surface area contributed by atoms with Crippen LogP contribution in [0.3, 0.4) is 0 Å². The minimum absolute atomic E-state index is 0.0800. The summed E-state index contributed by atoms with van der Waals surface area (Å²) < 4.78 is 90.0. The summed E-state index contributed by atoms with van der Waals surface area (Å²) in [6.45, 7) is -0.139. The summed E-state index contributed by atoms with van der Waals surface area (Å²) in [5.74, 6) is -1.18. The van der Waals surface area contributed by atoms with E-state index >= 15 is 0 Å². The van der Waals surface area contributed by atoms with Crippen molar-refractivity contribution in [3.05, 3.63) is 189 Å². The van der Waals surface area contributed by atoms with Gasteiger partial charge in [0.05, 0.1) is 28.2 Å². The molecule has 8 rings (SSSR count). The Bertz CT molecular complexity index is 2950. The zero-order valence-electron chi connectivity index (χ0n) is 32.1. The number of aliphatic hydroxyl groups excluding tert-OH is 2. The second kappa shape index (κ2) is 17.2. The van der Waals surface area contributed by atoms with Crippen LogP contribution in [0.1, 0.15) is 64.9 Å². The number of alkyl halides is 6. The second-order valence-electron chi connectivity index (χ2n) is 14.3. The standard InChI is InChI=1S/C48H33F6NO5S2/c49-47(50,51)35-15-3-9-29(23-35)41(57)39-25-31-11-5-18-38(43(31)61-39)28-8-2-14-34(22-28)46(59)60-42(30-10-4-16-36(24-30)48(52,53)54)40-26-32-12-6-17-37(44(32)62-40)27-7-1-13-33(21-27)45(58)55-19-20-56/h1-18,21-26,41-42,56-57H,19-20H2,(H,55,58). The minimum Gasteiger partial charge on any atom is -0.448 e. The van der Waals surface area contributed by atoms with Gasteiger partial charge in [0.2, 0.25) is 0 Å². The summed E-state index contributed by atoms with van der Waals surface area (Å²) in [5, 5.41) is 24.4. The molecule has 314 valence electrons. The van der Waals surface area contributed by atoms with Gasteiger partial charge in [0.1, 0.15) is 6.10 Å². The lowest BCUT2D eigenvalue weighted by molar-refractivity contribution is -0.138. The number of thiophene rings is 2. The van der Waals surface area contributed by atoms with Crippen LogP contribution >= 0.6 is 22.7 Å². The molecule has 0 spiro atoms. The fourth-order valence-electron chi connectivity index (χ4n) is 7.19. The van der Waals surface area contributed by atoms with Crippen molar-refractivity contribution >= 4 is 54.7 Å². The predicted molar refractivity (Wildman–Crippen MR) is 228 cm³/mol. The summed E-state index contributed by atoms with van der Waals surface area (Å²) in [4.78, 5) is 27.7. The Morgan fingerprint density at radius 2 is 1.10 bits per heavy atom. The smallest absolute Gasteiger partial charge is 0.416 e. The number of benzene rings is 6. The fraction of sp³-hybridized carbons (Fsp3) is 0.125. The van der Waals surface area contributed by atoms with Gasteiger partial charge in [-0.2, -0.15) is 26.3 Å². The number of rotatable bonds is 11. The molecular formula is C48H33F6NO5S2. The van der Waals surface area contributed by atoms with Gasteiger partial charge in [-0.05, 0) is 105 Å². The average molecular weight is 882 g/mol. The van der Waals surface area contributed by atoms with E-state index in [1.807, 2.05) is 24.3 Å². The topological polar surface area (TPSA) is 95.9 Å². The maximum absolute atomic E-state index is 14.2. The van der Waals surface area contributed by atoms with Gasteiger partial charge < -0.3 is 20.3 Å². The van der Waals surface area contributed by atoms with Crippen LogP contribution in [-0.4, -0.2) is 35.2 Å². The number of hydrogen-bond donors (Lipinski definition) is 3. The average Bonchev–Trinajstić information content (AvgIpc) is 3.92. The van der Waals surface area contributed by atoms with Gasteiger partial charge in [-0.3, -0.25) is 4.79 Å². The Kier molecular flexibility index (Phi) is 11.8. The minimum atomic E-state index is -4.67. The number of ether oxygens (including phenoxy) is 1. The maximum Gasteiger partial charge on any atom is 0.416 e. The van der Waals surface area contributed by atoms with Gasteiger partial charge in [0.15, 0.2) is 6.10 Å². The summed E-state index contributed by atoms with van der Waals surface area (Å²) in [6, 6.07) is 36.9. The largest absolute Gasteiger partial charge is 0.448 e. The number of carbonyl (C=O) groups excluding carboxylic acids is 2. The second-order valence-corrected chi connectivity index (χ2v) is 16.5. The SMILES string of the molecule is O=C(NCCO)c1cccc(-c2cccc3cc(C(OC(=O)c4cccc(-c5cccc6cc(C(O)c7cccc(C(F)(F)F)c7)sc56)c4)c4cccc(C(F)(F)F)c4)sc23)c1. The molecule has 0 saturated heterocycles. The highest BCUT2D eigenvalue weighted by Gasteiger charge is 2.33. The molecule has 0 aliphatic carbocycles. The molecule has 62 heavy (non-hydrogen) atoms. The van der Waals surface area contributed by atoms with E-state index in [1.54, 1.807) is 66.7 Å². The normalized spacial score (nSPS) is 13.0. The van der Waals surface area contributed by atoms with Gasteiger partial charge in [-0.1, -0.05) is 84.9 Å². The van der Waals surface area contributed by atoms with E-state index in [0.29, 0.717) is 42.1 Å². The number of nitrogens with one attached hydrogen (secondary N) is 1. The maximum atomic E-state index is 14.2. The van der Waals surface area contributed by atoms with E-state index in [2.05, 4.69) is 5.32 Å². The van der Waals surface area contributed by atoms with E-state index in [0.717, 1.165) is 39.9 Å². The highest BCUT2D eigenvalue weighted by Crippen LogP contribution is 2.43. The first-order chi connectivity index (χ1) is 29.7. The van der Waals surface area contributed by atoms with Crippen molar-refractivity contribution < 1.29 is 50.9 Å². The molecule has 0 bridgehead atoms. The third kappa shape index (κ3) is 8.86. The Hall–Kier alpha value is -6.32. The third-order valence-corrected chi connectivity index (χ3v) is 12.6. The van der Waals surface area contributed by atoms with E-state index in [9.17, 15) is 41.0 Å². The van der Waals surface area contributed by atoms with Crippen LogP contribution in [0, 0.1) is 0 Å². The monoisotopic (exact) mass is 881 g/mol. The first-order valence-electron chi connectivity index (χ1n) is 19.1. The Balaban J connectivity index is 1.14. The summed E-state index contributed by atoms with van der Waals surface area (Å²) in [5.41, 5.74) is 1.54. The van der Waals surface area contributed by atoms with Gasteiger partial charge in [0, 0.05) is 26.4 Å². The number of halogens is 6. The van der Waals surface area contributed by atoms with E-state index in [4.69, 9.17) is 9.84 Å². The van der Waals surface area contributed by atoms with Crippen LogP contribution in [0.5, 0.6) is 0 Å². The van der Waals surface area contributed by atoms with Crippen molar-refractivity contribution in [3.63, 3.8) is 0 Å². The van der Waals surface area contributed by atoms with E-state index in [-0.39, 0.29) is 35.7 Å². The van der Waals surface area contributed by atoms with Crippen LogP contribution in [0.4, 0.5) is 26.3 Å². The first-order valence-corrected chi connectivity index (χ1v) is 20.7. The molecule has 1 amide bonds. The first kappa shape index (κ1) is 42.4. The highest BCUT2D eigenvalue weighted by atomic mass is 32.1. The molecule has 8 aromatic rings. The number of esters is 1. The van der Waals surface area contributed by atoms with Gasteiger partial charge in [0.25, 0.3) is 5.91 Å². The lowest BCUT2D eigenvalue weighted by Gasteiger charge is -2.19. The van der Waals surface area contributed by atoms with Crippen molar-refractivity contribution in [3.8, 4) is 22.3 Å². The summed E-state index contributed by atoms with van der Waals surface area (Å²) in [7, 11) is 0. The van der Waals surface area contributed by atoms with Crippen LogP contribution in [0.2, 0.25) is 0 Å². The van der Waals surface area contributed by atoms with Crippen LogP contribution in [-0.2, 0) is 17.1 Å². The summed E-state index contributed by atoms with van der Waals surface area (Å²) in [6.07, 6.45) is -11.9. The molecule has 0 aliphatic heterocycles. The molecule has 3 N–H and O–H groups in total. The Morgan fingerprint density at radius 1 is 0.597 bits per heavy atom. The Labute approximate surface area is 358 Å². The molecule has 6 aromatic carbocycles. The van der Waals surface area contributed by atoms with Crippen LogP contribution in [0.25, 0.3) is 42.4 Å². The molecule has 0 aliphatic rings. The van der Waals surface area contributed by atoms with Gasteiger partial charge in [-0.15, -0.1) is 22.7 Å². The van der Waals surface area contributed by atoms with Crippen LogP contribution < -0.4 is 5.32 Å². The van der Waals surface area contributed by atoms with Crippen molar-refractivity contribution in [1.29, 1.82) is 0 Å². The molecule has 14 heteroatoms. The third-order valence-electron chi connectivity index (χ3n) is 10.2. The fourth-order valence-corrected chi connectivity index (χ4v) is 9.65. The lowest BCUT2D eigenvalue weighted by atomic mass is 10.0. The summed E-state index contributed by atoms with van der Waals surface area (Å²) >= 11 is 2.44. The molecule has 2 heterocycles. The molecular weight excluding hydrogens is 849 g/mol. The zero-order valence-corrected chi connectivity index (χ0v) is 33.8. The molecule has 0 fully saturated rings. The number of aliphatic hydroxyl groups is 2. The zero-order chi connectivity index (χ0) is 43.8. The number of hydrogen-bond acceptors (Lipinski definition) is 7. The van der Waals surface area contributed by atoms with Crippen LogP contribution in [0.15, 0.2) is 146 Å². The number of amides is 1. The molecule has 2 aromatic heterocycles. The van der Waals surface area contributed by atoms with E-state index in [1.165, 1.54) is 53.0 Å².